The van der Waals surface area contributed by atoms with Gasteiger partial charge in [0.25, 0.3) is 5.56 Å². The highest BCUT2D eigenvalue weighted by Gasteiger charge is 2.19. The molecule has 1 amide bonds. The number of nitrogens with zero attached hydrogens (tertiary/aromatic N) is 2. The molecule has 0 aliphatic heterocycles. The van der Waals surface area contributed by atoms with E-state index in [1.165, 1.54) is 11.8 Å². The first-order valence-electron chi connectivity index (χ1n) is 8.39. The Balaban J connectivity index is 2.36. The summed E-state index contributed by atoms with van der Waals surface area (Å²) < 4.78 is 6.73. The largest absolute Gasteiger partial charge is 0.385 e. The van der Waals surface area contributed by atoms with Gasteiger partial charge < -0.3 is 10.1 Å². The number of hydrogen-bond acceptors (Lipinski definition) is 5. The van der Waals surface area contributed by atoms with Gasteiger partial charge in [-0.3, -0.25) is 14.2 Å². The number of rotatable bonds is 8. The van der Waals surface area contributed by atoms with Gasteiger partial charge in [-0.05, 0) is 39.3 Å². The minimum atomic E-state index is -0.343. The van der Waals surface area contributed by atoms with Crippen LogP contribution in [0.3, 0.4) is 0 Å². The summed E-state index contributed by atoms with van der Waals surface area (Å²) >= 11 is 1.31. The molecule has 1 atom stereocenters. The molecule has 6 nitrogen and oxygen atoms in total. The Kier molecular flexibility index (Phi) is 7.01. The third-order valence-corrected chi connectivity index (χ3v) is 4.73. The van der Waals surface area contributed by atoms with E-state index in [-0.39, 0.29) is 22.8 Å². The zero-order chi connectivity index (χ0) is 18.4. The van der Waals surface area contributed by atoms with Gasteiger partial charge in [-0.2, -0.15) is 0 Å². The molecule has 2 aromatic rings. The van der Waals surface area contributed by atoms with Crippen molar-refractivity contribution in [2.75, 3.05) is 13.7 Å². The first-order chi connectivity index (χ1) is 11.9. The van der Waals surface area contributed by atoms with E-state index >= 15 is 0 Å². The van der Waals surface area contributed by atoms with Gasteiger partial charge in [0.05, 0.1) is 16.2 Å². The van der Waals surface area contributed by atoms with Gasteiger partial charge in [0.2, 0.25) is 5.91 Å². The number of amides is 1. The number of aromatic nitrogens is 2. The van der Waals surface area contributed by atoms with Crippen LogP contribution in [0.25, 0.3) is 10.9 Å². The highest BCUT2D eigenvalue weighted by atomic mass is 32.2. The van der Waals surface area contributed by atoms with Gasteiger partial charge in [-0.25, -0.2) is 4.98 Å². The van der Waals surface area contributed by atoms with Crippen LogP contribution >= 0.6 is 11.8 Å². The summed E-state index contributed by atoms with van der Waals surface area (Å²) in [7, 11) is 1.63. The molecule has 1 aromatic heterocycles. The lowest BCUT2D eigenvalue weighted by atomic mass is 10.2. The smallest absolute Gasteiger partial charge is 0.262 e. The molecule has 136 valence electrons. The van der Waals surface area contributed by atoms with Gasteiger partial charge in [-0.15, -0.1) is 0 Å². The van der Waals surface area contributed by atoms with Crippen molar-refractivity contribution in [3.05, 3.63) is 34.6 Å². The van der Waals surface area contributed by atoms with Crippen LogP contribution < -0.4 is 10.9 Å². The van der Waals surface area contributed by atoms with E-state index in [0.29, 0.717) is 35.6 Å². The van der Waals surface area contributed by atoms with Crippen molar-refractivity contribution in [2.24, 2.45) is 0 Å². The van der Waals surface area contributed by atoms with Crippen LogP contribution in [0.1, 0.15) is 27.2 Å². The van der Waals surface area contributed by atoms with Gasteiger partial charge in [0, 0.05) is 26.3 Å². The highest BCUT2D eigenvalue weighted by Crippen LogP contribution is 2.23. The molecule has 1 N–H and O–H groups in total. The molecular weight excluding hydrogens is 338 g/mol. The summed E-state index contributed by atoms with van der Waals surface area (Å²) in [4.78, 5) is 29.7. The average Bonchev–Trinajstić information content (AvgIpc) is 2.57. The number of methoxy groups -OCH3 is 1. The van der Waals surface area contributed by atoms with E-state index in [1.54, 1.807) is 17.7 Å². The number of nitrogens with one attached hydrogen (secondary N) is 1. The lowest BCUT2D eigenvalue weighted by Gasteiger charge is -2.17. The molecule has 7 heteroatoms. The SMILES string of the molecule is COCCCn1c(SC(C)C(=O)NC(C)C)nc2ccccc2c1=O. The molecule has 0 radical (unpaired) electrons. The van der Waals surface area contributed by atoms with Crippen LogP contribution in [0.4, 0.5) is 0 Å². The predicted octanol–water partition coefficient (Wildman–Crippen LogP) is 2.44. The minimum absolute atomic E-state index is 0.0640. The van der Waals surface area contributed by atoms with Gasteiger partial charge in [0.15, 0.2) is 5.16 Å². The zero-order valence-electron chi connectivity index (χ0n) is 15.1. The van der Waals surface area contributed by atoms with E-state index in [4.69, 9.17) is 4.74 Å². The zero-order valence-corrected chi connectivity index (χ0v) is 15.9. The second kappa shape index (κ2) is 9.01. The van der Waals surface area contributed by atoms with Crippen LogP contribution in [0.5, 0.6) is 0 Å². The van der Waals surface area contributed by atoms with Crippen molar-refractivity contribution in [1.82, 2.24) is 14.9 Å². The molecule has 25 heavy (non-hydrogen) atoms. The van der Waals surface area contributed by atoms with Crippen LogP contribution in [0, 0.1) is 0 Å². The quantitative estimate of drug-likeness (QED) is 0.443. The summed E-state index contributed by atoms with van der Waals surface area (Å²) in [5.74, 6) is -0.0640. The van der Waals surface area contributed by atoms with Crippen molar-refractivity contribution >= 4 is 28.6 Å². The molecular formula is C18H25N3O3S. The maximum absolute atomic E-state index is 12.8. The van der Waals surface area contributed by atoms with Gasteiger partial charge in [-0.1, -0.05) is 23.9 Å². The Morgan fingerprint density at radius 3 is 2.72 bits per heavy atom. The van der Waals surface area contributed by atoms with Gasteiger partial charge in [0.1, 0.15) is 0 Å². The number of ether oxygens (including phenoxy) is 1. The second-order valence-electron chi connectivity index (χ2n) is 6.14. The van der Waals surface area contributed by atoms with E-state index in [2.05, 4.69) is 10.3 Å². The van der Waals surface area contributed by atoms with Crippen molar-refractivity contribution in [1.29, 1.82) is 0 Å². The number of hydrogen-bond donors (Lipinski definition) is 1. The maximum atomic E-state index is 12.8. The molecule has 0 bridgehead atoms. The molecule has 0 aliphatic rings. The normalized spacial score (nSPS) is 12.5. The van der Waals surface area contributed by atoms with Crippen molar-refractivity contribution in [2.45, 2.75) is 50.2 Å². The molecule has 1 heterocycles. The Morgan fingerprint density at radius 2 is 2.04 bits per heavy atom. The molecule has 1 aromatic carbocycles. The van der Waals surface area contributed by atoms with Gasteiger partial charge >= 0.3 is 0 Å². The number of thioether (sulfide) groups is 1. The number of carbonyl (C=O) groups is 1. The lowest BCUT2D eigenvalue weighted by molar-refractivity contribution is -0.120. The predicted molar refractivity (Wildman–Crippen MR) is 101 cm³/mol. The standard InChI is InChI=1S/C18H25N3O3S/c1-12(2)19-16(22)13(3)25-18-20-15-9-6-5-8-14(15)17(23)21(18)10-7-11-24-4/h5-6,8-9,12-13H,7,10-11H2,1-4H3,(H,19,22). The fraction of sp³-hybridized carbons (Fsp3) is 0.500. The number of benzene rings is 1. The molecule has 2 rings (SSSR count). The van der Waals surface area contributed by atoms with Crippen LogP contribution in [-0.2, 0) is 16.1 Å². The summed E-state index contributed by atoms with van der Waals surface area (Å²) in [5, 5.41) is 3.70. The molecule has 0 aliphatic carbocycles. The molecule has 0 fully saturated rings. The highest BCUT2D eigenvalue weighted by molar-refractivity contribution is 8.00. The maximum Gasteiger partial charge on any atom is 0.262 e. The Labute approximate surface area is 152 Å². The van der Waals surface area contributed by atoms with Crippen molar-refractivity contribution < 1.29 is 9.53 Å². The summed E-state index contributed by atoms with van der Waals surface area (Å²) in [6, 6.07) is 7.35. The molecule has 0 saturated heterocycles. The Morgan fingerprint density at radius 1 is 1.32 bits per heavy atom. The molecule has 0 saturated carbocycles. The first-order valence-corrected chi connectivity index (χ1v) is 9.27. The molecule has 0 spiro atoms. The number of fused-ring (bicyclic) bond motifs is 1. The third kappa shape index (κ3) is 5.06. The fourth-order valence-electron chi connectivity index (χ4n) is 2.42. The fourth-order valence-corrected chi connectivity index (χ4v) is 3.36. The topological polar surface area (TPSA) is 73.2 Å². The van der Waals surface area contributed by atoms with Crippen molar-refractivity contribution in [3.63, 3.8) is 0 Å². The monoisotopic (exact) mass is 363 g/mol. The second-order valence-corrected chi connectivity index (χ2v) is 7.45. The average molecular weight is 363 g/mol. The Bertz CT molecular complexity index is 789. The molecule has 1 unspecified atom stereocenters. The van der Waals surface area contributed by atoms with E-state index in [0.717, 1.165) is 0 Å². The summed E-state index contributed by atoms with van der Waals surface area (Å²) in [5.41, 5.74) is 0.565. The van der Waals surface area contributed by atoms with E-state index in [1.807, 2.05) is 39.0 Å². The van der Waals surface area contributed by atoms with Crippen molar-refractivity contribution in [3.8, 4) is 0 Å². The lowest BCUT2D eigenvalue weighted by Crippen LogP contribution is -2.36. The Hall–Kier alpha value is -1.86. The van der Waals surface area contributed by atoms with Crippen LogP contribution in [0.2, 0.25) is 0 Å². The van der Waals surface area contributed by atoms with E-state index in [9.17, 15) is 9.59 Å². The van der Waals surface area contributed by atoms with Crippen LogP contribution in [-0.4, -0.2) is 40.5 Å². The number of para-hydroxylation sites is 1. The number of carbonyl (C=O) groups excluding carboxylic acids is 1. The van der Waals surface area contributed by atoms with E-state index < -0.39 is 0 Å². The third-order valence-electron chi connectivity index (χ3n) is 3.64. The minimum Gasteiger partial charge on any atom is -0.385 e. The van der Waals surface area contributed by atoms with Crippen LogP contribution in [0.15, 0.2) is 34.2 Å². The first kappa shape index (κ1) is 19.5. The summed E-state index contributed by atoms with van der Waals surface area (Å²) in [6.07, 6.45) is 0.705. The summed E-state index contributed by atoms with van der Waals surface area (Å²) in [6.45, 7) is 6.73.